The number of hydrogen-bond acceptors (Lipinski definition) is 4. The fourth-order valence-electron chi connectivity index (χ4n) is 3.73. The van der Waals surface area contributed by atoms with Gasteiger partial charge in [-0.15, -0.1) is 0 Å². The predicted molar refractivity (Wildman–Crippen MR) is 98.6 cm³/mol. The molecule has 1 aromatic carbocycles. The molecule has 1 unspecified atom stereocenters. The zero-order valence-electron chi connectivity index (χ0n) is 14.5. The number of aromatic amines is 1. The molecule has 0 radical (unpaired) electrons. The monoisotopic (exact) mass is 349 g/mol. The van der Waals surface area contributed by atoms with Gasteiger partial charge in [-0.05, 0) is 44.4 Å². The molecule has 0 bridgehead atoms. The van der Waals surface area contributed by atoms with Gasteiger partial charge in [-0.3, -0.25) is 9.55 Å². The van der Waals surface area contributed by atoms with E-state index in [0.717, 1.165) is 59.3 Å². The Kier molecular flexibility index (Phi) is 3.43. The van der Waals surface area contributed by atoms with Crippen LogP contribution in [0, 0.1) is 6.92 Å². The van der Waals surface area contributed by atoms with Gasteiger partial charge in [0.1, 0.15) is 5.52 Å². The molecule has 1 saturated heterocycles. The first-order chi connectivity index (χ1) is 12.7. The van der Waals surface area contributed by atoms with Gasteiger partial charge in [-0.2, -0.15) is 5.10 Å². The van der Waals surface area contributed by atoms with E-state index in [1.165, 1.54) is 0 Å². The van der Waals surface area contributed by atoms with Crippen molar-refractivity contribution in [1.29, 1.82) is 0 Å². The lowest BCUT2D eigenvalue weighted by Crippen LogP contribution is -2.19. The molecule has 4 heterocycles. The van der Waals surface area contributed by atoms with Crippen molar-refractivity contribution in [3.8, 4) is 5.69 Å². The van der Waals surface area contributed by atoms with Crippen LogP contribution in [0.15, 0.2) is 41.3 Å². The smallest absolute Gasteiger partial charge is 0.331 e. The van der Waals surface area contributed by atoms with Crippen LogP contribution >= 0.6 is 0 Å². The number of nitrogens with zero attached hydrogens (tertiary/aromatic N) is 4. The molecule has 7 heteroatoms. The van der Waals surface area contributed by atoms with Gasteiger partial charge < -0.3 is 9.72 Å². The van der Waals surface area contributed by atoms with Crippen molar-refractivity contribution >= 4 is 22.1 Å². The first-order valence-corrected chi connectivity index (χ1v) is 8.89. The molecule has 1 atom stereocenters. The number of fused-ring (bicyclic) bond motifs is 2. The van der Waals surface area contributed by atoms with Gasteiger partial charge >= 0.3 is 5.69 Å². The topological polar surface area (TPSA) is 77.7 Å². The Labute approximate surface area is 149 Å². The standard InChI is InChI=1S/C19H19N5O2/c1-12-18-16(24(22-12)17-8-4-5-9-26-17)10-13(11-20-18)23-15-7-3-2-6-14(15)21-19(23)25/h2-3,6-7,10-11,17H,4-5,8-9H2,1H3,(H,21,25). The Morgan fingerprint density at radius 1 is 1.23 bits per heavy atom. The zero-order valence-corrected chi connectivity index (χ0v) is 14.5. The van der Waals surface area contributed by atoms with E-state index in [2.05, 4.69) is 15.1 Å². The highest BCUT2D eigenvalue weighted by atomic mass is 16.5. The van der Waals surface area contributed by atoms with Gasteiger partial charge in [0.15, 0.2) is 6.23 Å². The van der Waals surface area contributed by atoms with Gasteiger partial charge in [0.25, 0.3) is 0 Å². The van der Waals surface area contributed by atoms with E-state index >= 15 is 0 Å². The number of H-pyrrole nitrogens is 1. The lowest BCUT2D eigenvalue weighted by Gasteiger charge is -2.23. The minimum atomic E-state index is -0.177. The maximum atomic E-state index is 12.5. The average Bonchev–Trinajstić information content (AvgIpc) is 3.18. The lowest BCUT2D eigenvalue weighted by molar-refractivity contribution is -0.0368. The Morgan fingerprint density at radius 2 is 2.12 bits per heavy atom. The molecule has 1 aliphatic heterocycles. The molecule has 132 valence electrons. The summed E-state index contributed by atoms with van der Waals surface area (Å²) in [5, 5.41) is 4.65. The number of para-hydroxylation sites is 2. The molecule has 7 nitrogen and oxygen atoms in total. The van der Waals surface area contributed by atoms with Crippen molar-refractivity contribution in [2.75, 3.05) is 6.61 Å². The fourth-order valence-corrected chi connectivity index (χ4v) is 3.73. The predicted octanol–water partition coefficient (Wildman–Crippen LogP) is 3.07. The largest absolute Gasteiger partial charge is 0.356 e. The molecule has 1 fully saturated rings. The van der Waals surface area contributed by atoms with Crippen LogP contribution in [0.2, 0.25) is 0 Å². The first kappa shape index (κ1) is 15.3. The van der Waals surface area contributed by atoms with E-state index in [1.807, 2.05) is 41.9 Å². The summed E-state index contributed by atoms with van der Waals surface area (Å²) in [6, 6.07) is 9.61. The van der Waals surface area contributed by atoms with Crippen LogP contribution in [0.3, 0.4) is 0 Å². The van der Waals surface area contributed by atoms with Crippen LogP contribution in [0.25, 0.3) is 27.8 Å². The number of imidazole rings is 1. The first-order valence-electron chi connectivity index (χ1n) is 8.89. The summed E-state index contributed by atoms with van der Waals surface area (Å²) in [5.74, 6) is 0. The number of aryl methyl sites for hydroxylation is 1. The Balaban J connectivity index is 1.72. The molecule has 0 saturated carbocycles. The minimum Gasteiger partial charge on any atom is -0.356 e. The maximum Gasteiger partial charge on any atom is 0.331 e. The van der Waals surface area contributed by atoms with Crippen molar-refractivity contribution in [3.05, 3.63) is 52.7 Å². The number of pyridine rings is 1. The summed E-state index contributed by atoms with van der Waals surface area (Å²) in [4.78, 5) is 20.0. The second kappa shape index (κ2) is 5.81. The number of benzene rings is 1. The van der Waals surface area contributed by atoms with Gasteiger partial charge in [-0.25, -0.2) is 9.48 Å². The van der Waals surface area contributed by atoms with Crippen LogP contribution in [-0.2, 0) is 4.74 Å². The van der Waals surface area contributed by atoms with E-state index in [1.54, 1.807) is 10.8 Å². The number of ether oxygens (including phenoxy) is 1. The highest BCUT2D eigenvalue weighted by molar-refractivity contribution is 5.81. The third-order valence-corrected chi connectivity index (χ3v) is 4.98. The summed E-state index contributed by atoms with van der Waals surface area (Å²) in [6.07, 6.45) is 4.80. The fraction of sp³-hybridized carbons (Fsp3) is 0.316. The molecule has 1 aliphatic rings. The maximum absolute atomic E-state index is 12.5. The molecule has 3 aromatic heterocycles. The molecule has 5 rings (SSSR count). The normalized spacial score (nSPS) is 18.0. The Bertz CT molecular complexity index is 1160. The molecular weight excluding hydrogens is 330 g/mol. The highest BCUT2D eigenvalue weighted by Gasteiger charge is 2.21. The molecule has 1 N–H and O–H groups in total. The van der Waals surface area contributed by atoms with Crippen molar-refractivity contribution in [2.45, 2.75) is 32.4 Å². The van der Waals surface area contributed by atoms with Gasteiger partial charge in [-0.1, -0.05) is 12.1 Å². The van der Waals surface area contributed by atoms with Crippen LogP contribution in [-0.4, -0.2) is 30.9 Å². The lowest BCUT2D eigenvalue weighted by atomic mass is 10.2. The SMILES string of the molecule is Cc1nn(C2CCCCO2)c2cc(-n3c(=O)[nH]c4ccccc43)cnc12. The number of aromatic nitrogens is 5. The van der Waals surface area contributed by atoms with Crippen molar-refractivity contribution < 1.29 is 4.74 Å². The minimum absolute atomic E-state index is 0.0725. The quantitative estimate of drug-likeness (QED) is 0.603. The van der Waals surface area contributed by atoms with Gasteiger partial charge in [0.05, 0.1) is 34.1 Å². The molecule has 0 amide bonds. The second-order valence-corrected chi connectivity index (χ2v) is 6.70. The summed E-state index contributed by atoms with van der Waals surface area (Å²) in [6.45, 7) is 2.70. The molecular formula is C19H19N5O2. The van der Waals surface area contributed by atoms with Crippen LogP contribution in [0.1, 0.15) is 31.2 Å². The average molecular weight is 349 g/mol. The van der Waals surface area contributed by atoms with Crippen molar-refractivity contribution in [2.24, 2.45) is 0 Å². The second-order valence-electron chi connectivity index (χ2n) is 6.70. The Hall–Kier alpha value is -2.93. The van der Waals surface area contributed by atoms with Crippen LogP contribution < -0.4 is 5.69 Å². The van der Waals surface area contributed by atoms with E-state index in [4.69, 9.17) is 4.74 Å². The van der Waals surface area contributed by atoms with E-state index in [0.29, 0.717) is 0 Å². The highest BCUT2D eigenvalue weighted by Crippen LogP contribution is 2.28. The Morgan fingerprint density at radius 3 is 2.96 bits per heavy atom. The third-order valence-electron chi connectivity index (χ3n) is 4.98. The van der Waals surface area contributed by atoms with E-state index < -0.39 is 0 Å². The zero-order chi connectivity index (χ0) is 17.7. The van der Waals surface area contributed by atoms with Gasteiger partial charge in [0.2, 0.25) is 0 Å². The summed E-state index contributed by atoms with van der Waals surface area (Å²) >= 11 is 0. The molecule has 26 heavy (non-hydrogen) atoms. The van der Waals surface area contributed by atoms with Crippen molar-refractivity contribution in [3.63, 3.8) is 0 Å². The van der Waals surface area contributed by atoms with Crippen LogP contribution in [0.4, 0.5) is 0 Å². The number of rotatable bonds is 2. The summed E-state index contributed by atoms with van der Waals surface area (Å²) in [5.41, 5.74) is 4.78. The molecule has 0 spiro atoms. The van der Waals surface area contributed by atoms with Crippen LogP contribution in [0.5, 0.6) is 0 Å². The third kappa shape index (κ3) is 2.28. The van der Waals surface area contributed by atoms with Crippen molar-refractivity contribution in [1.82, 2.24) is 24.3 Å². The molecule has 0 aliphatic carbocycles. The van der Waals surface area contributed by atoms with E-state index in [9.17, 15) is 4.79 Å². The number of nitrogens with one attached hydrogen (secondary N) is 1. The summed E-state index contributed by atoms with van der Waals surface area (Å²) in [7, 11) is 0. The summed E-state index contributed by atoms with van der Waals surface area (Å²) < 4.78 is 9.47. The van der Waals surface area contributed by atoms with E-state index in [-0.39, 0.29) is 11.9 Å². The molecule has 4 aromatic rings. The number of hydrogen-bond donors (Lipinski definition) is 1. The van der Waals surface area contributed by atoms with Gasteiger partial charge in [0, 0.05) is 6.61 Å².